The van der Waals surface area contributed by atoms with E-state index in [4.69, 9.17) is 5.26 Å². The number of nitriles is 1. The number of hydrogen-bond donors (Lipinski definition) is 2. The Balaban J connectivity index is 2.94. The van der Waals surface area contributed by atoms with Crippen LogP contribution in [-0.4, -0.2) is 20.6 Å². The number of carbonyl (C=O) groups excluding carboxylic acids is 1. The Hall–Kier alpha value is -2.07. The Morgan fingerprint density at radius 1 is 1.44 bits per heavy atom. The summed E-state index contributed by atoms with van der Waals surface area (Å²) in [6.07, 6.45) is 0.802. The summed E-state index contributed by atoms with van der Waals surface area (Å²) in [5.41, 5.74) is 1.57. The van der Waals surface area contributed by atoms with Crippen molar-refractivity contribution in [2.45, 2.75) is 13.3 Å². The topological polar surface area (TPSA) is 99.1 Å². The van der Waals surface area contributed by atoms with E-state index in [0.717, 1.165) is 11.8 Å². The van der Waals surface area contributed by atoms with Gasteiger partial charge in [0.1, 0.15) is 6.42 Å². The number of carbonyl (C=O) groups is 1. The Bertz CT molecular complexity index is 602. The SMILES string of the molecule is Cc1ccc(NC(=O)CC#N)cc1NS(C)(=O)=O. The van der Waals surface area contributed by atoms with Gasteiger partial charge in [-0.1, -0.05) is 6.07 Å². The molecule has 1 aromatic carbocycles. The minimum Gasteiger partial charge on any atom is -0.325 e. The van der Waals surface area contributed by atoms with Crippen molar-refractivity contribution < 1.29 is 13.2 Å². The first-order valence-corrected chi connectivity index (χ1v) is 6.96. The Labute approximate surface area is 106 Å². The van der Waals surface area contributed by atoms with Crippen LogP contribution in [0, 0.1) is 18.3 Å². The molecule has 2 N–H and O–H groups in total. The minimum absolute atomic E-state index is 0.247. The number of aryl methyl sites for hydroxylation is 1. The predicted molar refractivity (Wildman–Crippen MR) is 68.5 cm³/mol. The lowest BCUT2D eigenvalue weighted by atomic mass is 10.2. The third kappa shape index (κ3) is 4.43. The van der Waals surface area contributed by atoms with Crippen molar-refractivity contribution in [3.63, 3.8) is 0 Å². The molecule has 0 radical (unpaired) electrons. The fraction of sp³-hybridized carbons (Fsp3) is 0.273. The Morgan fingerprint density at radius 3 is 2.67 bits per heavy atom. The number of nitrogens with one attached hydrogen (secondary N) is 2. The molecule has 0 saturated heterocycles. The van der Waals surface area contributed by atoms with Gasteiger partial charge in [0.2, 0.25) is 15.9 Å². The number of sulfonamides is 1. The second-order valence-electron chi connectivity index (χ2n) is 3.79. The van der Waals surface area contributed by atoms with Gasteiger partial charge in [0.15, 0.2) is 0 Å². The molecule has 1 aromatic rings. The molecule has 0 saturated carbocycles. The van der Waals surface area contributed by atoms with Gasteiger partial charge in [0.05, 0.1) is 18.0 Å². The van der Waals surface area contributed by atoms with Gasteiger partial charge >= 0.3 is 0 Å². The zero-order valence-electron chi connectivity index (χ0n) is 10.0. The summed E-state index contributed by atoms with van der Waals surface area (Å²) in [7, 11) is -3.37. The highest BCUT2D eigenvalue weighted by atomic mass is 32.2. The smallest absolute Gasteiger partial charge is 0.238 e. The Morgan fingerprint density at radius 2 is 2.11 bits per heavy atom. The van der Waals surface area contributed by atoms with Crippen LogP contribution in [0.3, 0.4) is 0 Å². The molecule has 0 aliphatic heterocycles. The second-order valence-corrected chi connectivity index (χ2v) is 5.54. The third-order valence-corrected chi connectivity index (χ3v) is 2.65. The lowest BCUT2D eigenvalue weighted by molar-refractivity contribution is -0.115. The molecule has 0 unspecified atom stereocenters. The number of hydrogen-bond acceptors (Lipinski definition) is 4. The lowest BCUT2D eigenvalue weighted by Crippen LogP contribution is -2.13. The minimum atomic E-state index is -3.37. The van der Waals surface area contributed by atoms with Crippen LogP contribution in [0.1, 0.15) is 12.0 Å². The van der Waals surface area contributed by atoms with Gasteiger partial charge in [-0.25, -0.2) is 8.42 Å². The van der Waals surface area contributed by atoms with Crippen LogP contribution in [0.25, 0.3) is 0 Å². The van der Waals surface area contributed by atoms with Gasteiger partial charge in [0.25, 0.3) is 0 Å². The first-order chi connectivity index (χ1) is 8.31. The van der Waals surface area contributed by atoms with E-state index in [1.54, 1.807) is 25.1 Å². The van der Waals surface area contributed by atoms with Gasteiger partial charge in [-0.15, -0.1) is 0 Å². The molecular formula is C11H13N3O3S. The van der Waals surface area contributed by atoms with Crippen molar-refractivity contribution >= 4 is 27.3 Å². The summed E-state index contributed by atoms with van der Waals surface area (Å²) >= 11 is 0. The van der Waals surface area contributed by atoms with E-state index in [1.807, 2.05) is 0 Å². The van der Waals surface area contributed by atoms with Gasteiger partial charge < -0.3 is 5.32 Å². The molecule has 6 nitrogen and oxygen atoms in total. The number of benzene rings is 1. The maximum atomic E-state index is 11.2. The predicted octanol–water partition coefficient (Wildman–Crippen LogP) is 1.22. The molecule has 1 rings (SSSR count). The lowest BCUT2D eigenvalue weighted by Gasteiger charge is -2.10. The van der Waals surface area contributed by atoms with E-state index < -0.39 is 15.9 Å². The largest absolute Gasteiger partial charge is 0.325 e. The van der Waals surface area contributed by atoms with Crippen LogP contribution in [0.5, 0.6) is 0 Å². The molecule has 0 aliphatic rings. The Kier molecular flexibility index (Phi) is 4.28. The monoisotopic (exact) mass is 267 g/mol. The van der Waals surface area contributed by atoms with Gasteiger partial charge in [-0.2, -0.15) is 5.26 Å². The molecule has 0 heterocycles. The van der Waals surface area contributed by atoms with Crippen LogP contribution in [0.4, 0.5) is 11.4 Å². The summed E-state index contributed by atoms with van der Waals surface area (Å²) in [6, 6.07) is 6.55. The number of nitrogens with zero attached hydrogens (tertiary/aromatic N) is 1. The molecule has 0 bridgehead atoms. The second kappa shape index (κ2) is 5.51. The molecule has 0 atom stereocenters. The molecule has 7 heteroatoms. The average Bonchev–Trinajstić information content (AvgIpc) is 2.21. The van der Waals surface area contributed by atoms with E-state index in [-0.39, 0.29) is 6.42 Å². The highest BCUT2D eigenvalue weighted by Crippen LogP contribution is 2.21. The number of amides is 1. The summed E-state index contributed by atoms with van der Waals surface area (Å²) in [4.78, 5) is 11.2. The normalized spacial score (nSPS) is 10.5. The van der Waals surface area contributed by atoms with E-state index in [2.05, 4.69) is 10.0 Å². The maximum absolute atomic E-state index is 11.2. The first kappa shape index (κ1) is 14.0. The van der Waals surface area contributed by atoms with Crippen LogP contribution in [-0.2, 0) is 14.8 Å². The quantitative estimate of drug-likeness (QED) is 0.856. The molecule has 0 aliphatic carbocycles. The van der Waals surface area contributed by atoms with Crippen LogP contribution in [0.2, 0.25) is 0 Å². The van der Waals surface area contributed by atoms with E-state index in [1.165, 1.54) is 6.07 Å². The van der Waals surface area contributed by atoms with Crippen molar-refractivity contribution in [1.82, 2.24) is 0 Å². The van der Waals surface area contributed by atoms with Crippen molar-refractivity contribution in [3.05, 3.63) is 23.8 Å². The molecule has 1 amide bonds. The zero-order chi connectivity index (χ0) is 13.8. The summed E-state index contributed by atoms with van der Waals surface area (Å²) < 4.78 is 24.6. The van der Waals surface area contributed by atoms with E-state index >= 15 is 0 Å². The fourth-order valence-corrected chi connectivity index (χ4v) is 1.91. The molecule has 0 fully saturated rings. The third-order valence-electron chi connectivity index (χ3n) is 2.06. The van der Waals surface area contributed by atoms with Crippen molar-refractivity contribution in [2.24, 2.45) is 0 Å². The summed E-state index contributed by atoms with van der Waals surface area (Å²) in [6.45, 7) is 1.74. The summed E-state index contributed by atoms with van der Waals surface area (Å²) in [5.74, 6) is -0.438. The van der Waals surface area contributed by atoms with Gasteiger partial charge in [-0.3, -0.25) is 9.52 Å². The first-order valence-electron chi connectivity index (χ1n) is 5.07. The van der Waals surface area contributed by atoms with Crippen molar-refractivity contribution in [2.75, 3.05) is 16.3 Å². The van der Waals surface area contributed by atoms with Gasteiger partial charge in [0, 0.05) is 5.69 Å². The number of anilines is 2. The van der Waals surface area contributed by atoms with Gasteiger partial charge in [-0.05, 0) is 24.6 Å². The van der Waals surface area contributed by atoms with Crippen molar-refractivity contribution in [1.29, 1.82) is 5.26 Å². The van der Waals surface area contributed by atoms with E-state index in [0.29, 0.717) is 11.4 Å². The average molecular weight is 267 g/mol. The van der Waals surface area contributed by atoms with Crippen LogP contribution < -0.4 is 10.0 Å². The fourth-order valence-electron chi connectivity index (χ4n) is 1.29. The van der Waals surface area contributed by atoms with Crippen LogP contribution >= 0.6 is 0 Å². The standard InChI is InChI=1S/C11H13N3O3S/c1-8-3-4-9(13-11(15)5-6-12)7-10(8)14-18(2,16)17/h3-4,7,14H,5H2,1-2H3,(H,13,15). The molecular weight excluding hydrogens is 254 g/mol. The highest BCUT2D eigenvalue weighted by Gasteiger charge is 2.07. The zero-order valence-corrected chi connectivity index (χ0v) is 10.8. The molecule has 18 heavy (non-hydrogen) atoms. The van der Waals surface area contributed by atoms with E-state index in [9.17, 15) is 13.2 Å². The maximum Gasteiger partial charge on any atom is 0.238 e. The molecule has 96 valence electrons. The van der Waals surface area contributed by atoms with Crippen LogP contribution in [0.15, 0.2) is 18.2 Å². The molecule has 0 spiro atoms. The number of rotatable bonds is 4. The van der Waals surface area contributed by atoms with Crippen molar-refractivity contribution in [3.8, 4) is 6.07 Å². The highest BCUT2D eigenvalue weighted by molar-refractivity contribution is 7.92. The summed E-state index contributed by atoms with van der Waals surface area (Å²) in [5, 5.41) is 10.9. The molecule has 0 aromatic heterocycles.